The zero-order valence-corrected chi connectivity index (χ0v) is 8.98. The lowest BCUT2D eigenvalue weighted by Crippen LogP contribution is -2.44. The maximum Gasteiger partial charge on any atom is 0.235 e. The van der Waals surface area contributed by atoms with Crippen LogP contribution in [0.5, 0.6) is 0 Å². The van der Waals surface area contributed by atoms with Gasteiger partial charge in [-0.3, -0.25) is 0 Å². The molecule has 0 N–H and O–H groups in total. The molecule has 14 heavy (non-hydrogen) atoms. The van der Waals surface area contributed by atoms with E-state index in [9.17, 15) is 9.18 Å². The van der Waals surface area contributed by atoms with E-state index in [2.05, 4.69) is 4.99 Å². The number of halogens is 1. The molecule has 1 fully saturated rings. The molecule has 0 aromatic rings. The first-order chi connectivity index (χ1) is 6.52. The first-order valence-corrected chi connectivity index (χ1v) is 5.30. The quantitative estimate of drug-likeness (QED) is 0.381. The van der Waals surface area contributed by atoms with E-state index in [1.807, 2.05) is 0 Å². The molecule has 3 heteroatoms. The van der Waals surface area contributed by atoms with E-state index >= 15 is 0 Å². The molecule has 1 aliphatic carbocycles. The van der Waals surface area contributed by atoms with Gasteiger partial charge in [-0.05, 0) is 26.7 Å². The van der Waals surface area contributed by atoms with E-state index in [1.54, 1.807) is 6.08 Å². The molecule has 1 aliphatic rings. The third kappa shape index (κ3) is 2.21. The van der Waals surface area contributed by atoms with E-state index in [-0.39, 0.29) is 0 Å². The number of alkyl halides is 1. The molecule has 0 heterocycles. The van der Waals surface area contributed by atoms with Crippen LogP contribution in [0.3, 0.4) is 0 Å². The highest BCUT2D eigenvalue weighted by Crippen LogP contribution is 2.40. The lowest BCUT2D eigenvalue weighted by Gasteiger charge is -2.36. The SMILES string of the molecule is CC(C)(F)C1(N=C=O)CCCCCC1. The fourth-order valence-electron chi connectivity index (χ4n) is 2.24. The molecule has 1 saturated carbocycles. The number of hydrogen-bond donors (Lipinski definition) is 0. The van der Waals surface area contributed by atoms with Gasteiger partial charge in [0.2, 0.25) is 6.08 Å². The molecule has 0 aromatic carbocycles. The lowest BCUT2D eigenvalue weighted by molar-refractivity contribution is 0.0824. The second kappa shape index (κ2) is 4.22. The third-order valence-corrected chi connectivity index (χ3v) is 3.30. The Morgan fingerprint density at radius 3 is 2.07 bits per heavy atom. The summed E-state index contributed by atoms with van der Waals surface area (Å²) in [5.41, 5.74) is -2.24. The van der Waals surface area contributed by atoms with E-state index in [0.717, 1.165) is 25.7 Å². The van der Waals surface area contributed by atoms with Crippen LogP contribution in [0.2, 0.25) is 0 Å². The Bertz CT molecular complexity index is 230. The van der Waals surface area contributed by atoms with Crippen LogP contribution in [0.25, 0.3) is 0 Å². The van der Waals surface area contributed by atoms with E-state index in [4.69, 9.17) is 0 Å². The minimum absolute atomic E-state index is 0.672. The maximum absolute atomic E-state index is 14.0. The molecule has 1 rings (SSSR count). The Morgan fingerprint density at radius 2 is 1.71 bits per heavy atom. The number of rotatable bonds is 2. The van der Waals surface area contributed by atoms with E-state index < -0.39 is 11.2 Å². The standard InChI is InChI=1S/C11H18FNO/c1-10(2,12)11(13-9-14)7-5-3-4-6-8-11/h3-8H2,1-2H3. The van der Waals surface area contributed by atoms with Crippen molar-refractivity contribution in [2.45, 2.75) is 63.6 Å². The summed E-state index contributed by atoms with van der Waals surface area (Å²) >= 11 is 0. The number of carbonyl (C=O) groups excluding carboxylic acids is 1. The smallest absolute Gasteiger partial charge is 0.235 e. The number of isocyanates is 1. The van der Waals surface area contributed by atoms with Gasteiger partial charge in [0.1, 0.15) is 11.2 Å². The first-order valence-electron chi connectivity index (χ1n) is 5.30. The molecule has 0 aromatic heterocycles. The Labute approximate surface area is 84.6 Å². The van der Waals surface area contributed by atoms with Crippen molar-refractivity contribution in [2.75, 3.05) is 0 Å². The molecule has 0 amide bonds. The Morgan fingerprint density at radius 1 is 1.21 bits per heavy atom. The van der Waals surface area contributed by atoms with Crippen molar-refractivity contribution < 1.29 is 9.18 Å². The summed E-state index contributed by atoms with van der Waals surface area (Å²) in [5.74, 6) is 0. The molecule has 0 radical (unpaired) electrons. The average Bonchev–Trinajstić information content (AvgIpc) is 2.30. The molecular formula is C11H18FNO. The van der Waals surface area contributed by atoms with Gasteiger partial charge in [0, 0.05) is 0 Å². The minimum Gasteiger partial charge on any atom is -0.242 e. The summed E-state index contributed by atoms with van der Waals surface area (Å²) in [6.07, 6.45) is 7.04. The summed E-state index contributed by atoms with van der Waals surface area (Å²) in [7, 11) is 0. The fourth-order valence-corrected chi connectivity index (χ4v) is 2.24. The highest BCUT2D eigenvalue weighted by atomic mass is 19.1. The molecule has 0 unspecified atom stereocenters. The van der Waals surface area contributed by atoms with Gasteiger partial charge in [-0.1, -0.05) is 25.7 Å². The van der Waals surface area contributed by atoms with Crippen LogP contribution in [0.15, 0.2) is 4.99 Å². The monoisotopic (exact) mass is 199 g/mol. The Kier molecular flexibility index (Phi) is 3.43. The second-order valence-electron chi connectivity index (χ2n) is 4.62. The summed E-state index contributed by atoms with van der Waals surface area (Å²) in [5, 5.41) is 0. The highest BCUT2D eigenvalue weighted by molar-refractivity contribution is 5.36. The van der Waals surface area contributed by atoms with Crippen LogP contribution in [-0.4, -0.2) is 17.3 Å². The van der Waals surface area contributed by atoms with Crippen molar-refractivity contribution in [1.82, 2.24) is 0 Å². The molecule has 0 aliphatic heterocycles. The van der Waals surface area contributed by atoms with Crippen LogP contribution in [0.4, 0.5) is 4.39 Å². The lowest BCUT2D eigenvalue weighted by atomic mass is 9.78. The topological polar surface area (TPSA) is 29.4 Å². The van der Waals surface area contributed by atoms with Crippen molar-refractivity contribution in [3.8, 4) is 0 Å². The van der Waals surface area contributed by atoms with Gasteiger partial charge in [0.15, 0.2) is 0 Å². The zero-order valence-electron chi connectivity index (χ0n) is 8.98. The number of nitrogens with zero attached hydrogens (tertiary/aromatic N) is 1. The van der Waals surface area contributed by atoms with Crippen molar-refractivity contribution in [3.63, 3.8) is 0 Å². The molecule has 2 nitrogen and oxygen atoms in total. The third-order valence-electron chi connectivity index (χ3n) is 3.30. The molecule has 80 valence electrons. The predicted octanol–water partition coefficient (Wildman–Crippen LogP) is 3.16. The zero-order chi connectivity index (χ0) is 10.7. The van der Waals surface area contributed by atoms with Crippen molar-refractivity contribution in [3.05, 3.63) is 0 Å². The van der Waals surface area contributed by atoms with E-state index in [0.29, 0.717) is 12.8 Å². The highest BCUT2D eigenvalue weighted by Gasteiger charge is 2.45. The second-order valence-corrected chi connectivity index (χ2v) is 4.62. The van der Waals surface area contributed by atoms with Gasteiger partial charge in [-0.15, -0.1) is 0 Å². The predicted molar refractivity (Wildman–Crippen MR) is 53.7 cm³/mol. The fraction of sp³-hybridized carbons (Fsp3) is 0.909. The normalized spacial score (nSPS) is 22.2. The molecule has 0 saturated heterocycles. The van der Waals surface area contributed by atoms with Crippen LogP contribution < -0.4 is 0 Å². The Balaban J connectivity index is 2.94. The summed E-state index contributed by atoms with van der Waals surface area (Å²) in [4.78, 5) is 14.1. The minimum atomic E-state index is -1.42. The van der Waals surface area contributed by atoms with Crippen LogP contribution >= 0.6 is 0 Å². The van der Waals surface area contributed by atoms with Gasteiger partial charge in [-0.25, -0.2) is 9.18 Å². The van der Waals surface area contributed by atoms with Crippen LogP contribution in [-0.2, 0) is 4.79 Å². The number of aliphatic imine (C=N–C) groups is 1. The van der Waals surface area contributed by atoms with Gasteiger partial charge in [0.25, 0.3) is 0 Å². The Hall–Kier alpha value is -0.690. The van der Waals surface area contributed by atoms with Crippen molar-refractivity contribution >= 4 is 6.08 Å². The van der Waals surface area contributed by atoms with Gasteiger partial charge in [-0.2, -0.15) is 4.99 Å². The number of hydrogen-bond acceptors (Lipinski definition) is 2. The molecule has 0 spiro atoms. The molecule has 0 bridgehead atoms. The average molecular weight is 199 g/mol. The summed E-state index contributed by atoms with van der Waals surface area (Å²) in [6, 6.07) is 0. The summed E-state index contributed by atoms with van der Waals surface area (Å²) < 4.78 is 14.0. The molecule has 0 atom stereocenters. The van der Waals surface area contributed by atoms with E-state index in [1.165, 1.54) is 13.8 Å². The van der Waals surface area contributed by atoms with Gasteiger partial charge < -0.3 is 0 Å². The van der Waals surface area contributed by atoms with Crippen molar-refractivity contribution in [1.29, 1.82) is 0 Å². The van der Waals surface area contributed by atoms with Gasteiger partial charge >= 0.3 is 0 Å². The first kappa shape index (κ1) is 11.4. The molecular weight excluding hydrogens is 181 g/mol. The summed E-state index contributed by atoms with van der Waals surface area (Å²) in [6.45, 7) is 3.03. The van der Waals surface area contributed by atoms with Crippen LogP contribution in [0.1, 0.15) is 52.4 Å². The largest absolute Gasteiger partial charge is 0.242 e. The van der Waals surface area contributed by atoms with Crippen LogP contribution in [0, 0.1) is 0 Å². The maximum atomic E-state index is 14.0. The van der Waals surface area contributed by atoms with Crippen molar-refractivity contribution in [2.24, 2.45) is 4.99 Å². The van der Waals surface area contributed by atoms with Gasteiger partial charge in [0.05, 0.1) is 0 Å².